The number of aromatic nitrogens is 3. The van der Waals surface area contributed by atoms with Gasteiger partial charge in [0.1, 0.15) is 5.56 Å². The molecule has 0 atom stereocenters. The van der Waals surface area contributed by atoms with Crippen LogP contribution in [0.4, 0.5) is 5.69 Å². The van der Waals surface area contributed by atoms with E-state index in [1.807, 2.05) is 10.8 Å². The minimum absolute atomic E-state index is 0.134. The summed E-state index contributed by atoms with van der Waals surface area (Å²) in [5, 5.41) is 18.3. The van der Waals surface area contributed by atoms with Crippen LogP contribution in [-0.2, 0) is 6.54 Å². The first-order valence-electron chi connectivity index (χ1n) is 6.49. The van der Waals surface area contributed by atoms with E-state index in [-0.39, 0.29) is 18.3 Å². The standard InChI is InChI=1S/C13H9N5O5S/c14-11(19)9-3-8(18(21)22)4-17(13(9)20)5-10-15-12(23-16-10)7-1-2-24-6-7/h1-4,6H,5H2,(H2,14,19). The molecule has 3 rings (SSSR count). The van der Waals surface area contributed by atoms with E-state index in [0.717, 1.165) is 22.4 Å². The Labute approximate surface area is 137 Å². The van der Waals surface area contributed by atoms with Crippen molar-refractivity contribution in [2.24, 2.45) is 5.73 Å². The van der Waals surface area contributed by atoms with E-state index >= 15 is 0 Å². The van der Waals surface area contributed by atoms with Gasteiger partial charge in [-0.05, 0) is 11.4 Å². The molecule has 122 valence electrons. The lowest BCUT2D eigenvalue weighted by molar-refractivity contribution is -0.385. The van der Waals surface area contributed by atoms with Gasteiger partial charge < -0.3 is 14.8 Å². The molecule has 0 aliphatic carbocycles. The van der Waals surface area contributed by atoms with E-state index in [1.165, 1.54) is 11.3 Å². The highest BCUT2D eigenvalue weighted by molar-refractivity contribution is 7.08. The highest BCUT2D eigenvalue weighted by Gasteiger charge is 2.19. The zero-order chi connectivity index (χ0) is 17.3. The predicted molar refractivity (Wildman–Crippen MR) is 82.6 cm³/mol. The fraction of sp³-hybridized carbons (Fsp3) is 0.0769. The van der Waals surface area contributed by atoms with Crippen LogP contribution in [0.25, 0.3) is 11.5 Å². The average molecular weight is 347 g/mol. The van der Waals surface area contributed by atoms with Gasteiger partial charge in [-0.3, -0.25) is 19.7 Å². The van der Waals surface area contributed by atoms with Crippen molar-refractivity contribution in [3.05, 3.63) is 60.9 Å². The first kappa shape index (κ1) is 15.6. The first-order valence-corrected chi connectivity index (χ1v) is 7.44. The molecule has 0 aliphatic heterocycles. The molecule has 0 saturated heterocycles. The van der Waals surface area contributed by atoms with E-state index in [1.54, 1.807) is 6.07 Å². The quantitative estimate of drug-likeness (QED) is 0.535. The van der Waals surface area contributed by atoms with Gasteiger partial charge in [0.15, 0.2) is 5.82 Å². The summed E-state index contributed by atoms with van der Waals surface area (Å²) in [4.78, 5) is 37.8. The lowest BCUT2D eigenvalue weighted by Crippen LogP contribution is -2.30. The van der Waals surface area contributed by atoms with Crippen LogP contribution in [0.2, 0.25) is 0 Å². The van der Waals surface area contributed by atoms with Crippen LogP contribution >= 0.6 is 11.3 Å². The number of hydrogen-bond acceptors (Lipinski definition) is 8. The van der Waals surface area contributed by atoms with Crippen molar-refractivity contribution in [2.75, 3.05) is 0 Å². The molecule has 0 saturated carbocycles. The zero-order valence-electron chi connectivity index (χ0n) is 11.9. The monoisotopic (exact) mass is 347 g/mol. The number of nitrogens with two attached hydrogens (primary N) is 1. The topological polar surface area (TPSA) is 147 Å². The van der Waals surface area contributed by atoms with E-state index in [2.05, 4.69) is 10.1 Å². The molecular formula is C13H9N5O5S. The van der Waals surface area contributed by atoms with Crippen molar-refractivity contribution in [2.45, 2.75) is 6.54 Å². The van der Waals surface area contributed by atoms with Crippen LogP contribution in [0.15, 0.2) is 38.4 Å². The largest absolute Gasteiger partial charge is 0.365 e. The SMILES string of the molecule is NC(=O)c1cc([N+](=O)[O-])cn(Cc2noc(-c3ccsc3)n2)c1=O. The van der Waals surface area contributed by atoms with Gasteiger partial charge in [0, 0.05) is 11.4 Å². The third-order valence-corrected chi connectivity index (χ3v) is 3.78. The van der Waals surface area contributed by atoms with Crippen LogP contribution in [0.3, 0.4) is 0 Å². The normalized spacial score (nSPS) is 10.7. The number of nitrogens with zero attached hydrogens (tertiary/aromatic N) is 4. The van der Waals surface area contributed by atoms with Crippen LogP contribution in [0.5, 0.6) is 0 Å². The van der Waals surface area contributed by atoms with Crippen LogP contribution in [0, 0.1) is 10.1 Å². The zero-order valence-corrected chi connectivity index (χ0v) is 12.7. The molecule has 24 heavy (non-hydrogen) atoms. The lowest BCUT2D eigenvalue weighted by atomic mass is 10.2. The van der Waals surface area contributed by atoms with E-state index < -0.39 is 27.6 Å². The number of carbonyl (C=O) groups is 1. The molecule has 0 aromatic carbocycles. The van der Waals surface area contributed by atoms with Gasteiger partial charge >= 0.3 is 0 Å². The molecule has 3 heterocycles. The second-order valence-corrected chi connectivity index (χ2v) is 5.47. The molecule has 0 unspecified atom stereocenters. The molecule has 11 heteroatoms. The summed E-state index contributed by atoms with van der Waals surface area (Å²) >= 11 is 1.45. The molecule has 0 radical (unpaired) electrons. The summed E-state index contributed by atoms with van der Waals surface area (Å²) in [6.45, 7) is -0.200. The number of hydrogen-bond donors (Lipinski definition) is 1. The Kier molecular flexibility index (Phi) is 3.92. The van der Waals surface area contributed by atoms with E-state index in [9.17, 15) is 19.7 Å². The lowest BCUT2D eigenvalue weighted by Gasteiger charge is -2.04. The molecule has 0 bridgehead atoms. The number of thiophene rings is 1. The second kappa shape index (κ2) is 6.04. The first-order chi connectivity index (χ1) is 11.5. The second-order valence-electron chi connectivity index (χ2n) is 4.69. The highest BCUT2D eigenvalue weighted by Crippen LogP contribution is 2.20. The third kappa shape index (κ3) is 2.92. The Hall–Kier alpha value is -3.34. The fourth-order valence-corrected chi connectivity index (χ4v) is 2.62. The van der Waals surface area contributed by atoms with Gasteiger partial charge in [-0.1, -0.05) is 5.16 Å². The molecule has 0 spiro atoms. The summed E-state index contributed by atoms with van der Waals surface area (Å²) in [5.41, 5.74) is 4.13. The Morgan fingerprint density at radius 3 is 2.92 bits per heavy atom. The molecule has 0 fully saturated rings. The smallest absolute Gasteiger partial charge is 0.286 e. The van der Waals surface area contributed by atoms with Crippen LogP contribution in [0.1, 0.15) is 16.2 Å². The molecule has 3 aromatic rings. The molecule has 10 nitrogen and oxygen atoms in total. The number of rotatable bonds is 5. The van der Waals surface area contributed by atoms with Gasteiger partial charge in [-0.2, -0.15) is 16.3 Å². The Bertz CT molecular complexity index is 975. The molecule has 1 amide bonds. The van der Waals surface area contributed by atoms with Gasteiger partial charge in [0.05, 0.1) is 23.2 Å². The third-order valence-electron chi connectivity index (χ3n) is 3.10. The fourth-order valence-electron chi connectivity index (χ4n) is 1.99. The van der Waals surface area contributed by atoms with E-state index in [0.29, 0.717) is 0 Å². The maximum atomic E-state index is 12.2. The van der Waals surface area contributed by atoms with Crippen molar-refractivity contribution < 1.29 is 14.2 Å². The van der Waals surface area contributed by atoms with Gasteiger partial charge in [0.25, 0.3) is 23.0 Å². The minimum atomic E-state index is -1.05. The Balaban J connectivity index is 1.99. The molecular weight excluding hydrogens is 338 g/mol. The maximum absolute atomic E-state index is 12.2. The van der Waals surface area contributed by atoms with Crippen molar-refractivity contribution in [3.63, 3.8) is 0 Å². The Morgan fingerprint density at radius 2 is 2.29 bits per heavy atom. The van der Waals surface area contributed by atoms with Crippen molar-refractivity contribution >= 4 is 22.9 Å². The summed E-state index contributed by atoms with van der Waals surface area (Å²) in [5.74, 6) is -0.654. The minimum Gasteiger partial charge on any atom is -0.365 e. The number of pyridine rings is 1. The average Bonchev–Trinajstić information content (AvgIpc) is 3.19. The number of nitro groups is 1. The summed E-state index contributed by atoms with van der Waals surface area (Å²) in [6, 6.07) is 2.63. The Morgan fingerprint density at radius 1 is 1.50 bits per heavy atom. The van der Waals surface area contributed by atoms with Crippen LogP contribution in [-0.4, -0.2) is 25.5 Å². The molecule has 0 aliphatic rings. The van der Waals surface area contributed by atoms with Crippen LogP contribution < -0.4 is 11.3 Å². The molecule has 2 N–H and O–H groups in total. The van der Waals surface area contributed by atoms with Crippen molar-refractivity contribution in [3.8, 4) is 11.5 Å². The number of carbonyl (C=O) groups excluding carboxylic acids is 1. The predicted octanol–water partition coefficient (Wildman–Crippen LogP) is 1.02. The summed E-state index contributed by atoms with van der Waals surface area (Å²) in [6.07, 6.45) is 0.995. The van der Waals surface area contributed by atoms with Crippen molar-refractivity contribution in [1.29, 1.82) is 0 Å². The highest BCUT2D eigenvalue weighted by atomic mass is 32.1. The summed E-state index contributed by atoms with van der Waals surface area (Å²) < 4.78 is 6.03. The molecule has 3 aromatic heterocycles. The number of amides is 1. The maximum Gasteiger partial charge on any atom is 0.286 e. The van der Waals surface area contributed by atoms with Gasteiger partial charge in [-0.15, -0.1) is 0 Å². The van der Waals surface area contributed by atoms with Crippen molar-refractivity contribution in [1.82, 2.24) is 14.7 Å². The van der Waals surface area contributed by atoms with Gasteiger partial charge in [-0.25, -0.2) is 0 Å². The number of primary amides is 1. The summed E-state index contributed by atoms with van der Waals surface area (Å²) in [7, 11) is 0. The van der Waals surface area contributed by atoms with Gasteiger partial charge in [0.2, 0.25) is 0 Å². The van der Waals surface area contributed by atoms with E-state index in [4.69, 9.17) is 10.3 Å².